The molecule has 0 N–H and O–H groups in total. The largest absolute Gasteiger partial charge is 0.371 e. The summed E-state index contributed by atoms with van der Waals surface area (Å²) in [5.74, 6) is 0. The minimum absolute atomic E-state index is 1.04. The van der Waals surface area contributed by atoms with Gasteiger partial charge in [-0.25, -0.2) is 5.01 Å². The highest BCUT2D eigenvalue weighted by atomic mass is 15.5. The number of rotatable bonds is 9. The molecule has 28 heavy (non-hydrogen) atoms. The van der Waals surface area contributed by atoms with E-state index in [0.29, 0.717) is 0 Å². The Kier molecular flexibility index (Phi) is 7.25. The van der Waals surface area contributed by atoms with Crippen LogP contribution >= 0.6 is 0 Å². The molecule has 0 aliphatic rings. The van der Waals surface area contributed by atoms with Crippen LogP contribution < -0.4 is 9.91 Å². The molecule has 0 aliphatic heterocycles. The lowest BCUT2D eigenvalue weighted by molar-refractivity contribution is 0.744. The Bertz CT molecular complexity index is 814. The zero-order valence-electron chi connectivity index (χ0n) is 16.8. The van der Waals surface area contributed by atoms with E-state index in [1.807, 2.05) is 47.6 Å². The summed E-state index contributed by atoms with van der Waals surface area (Å²) in [6, 6.07) is 29.1. The number of hydrogen-bond donors (Lipinski definition) is 0. The Morgan fingerprint density at radius 2 is 1.18 bits per heavy atom. The molecule has 0 atom stereocenters. The number of benzene rings is 3. The predicted molar refractivity (Wildman–Crippen MR) is 122 cm³/mol. The Hall–Kier alpha value is -3.07. The van der Waals surface area contributed by atoms with Crippen molar-refractivity contribution >= 4 is 23.3 Å². The smallest absolute Gasteiger partial charge is 0.0652 e. The number of hydrogen-bond acceptors (Lipinski definition) is 3. The van der Waals surface area contributed by atoms with Gasteiger partial charge in [0.15, 0.2) is 0 Å². The molecule has 3 heteroatoms. The average molecular weight is 372 g/mol. The summed E-state index contributed by atoms with van der Waals surface area (Å²) in [7, 11) is 0. The highest BCUT2D eigenvalue weighted by molar-refractivity contribution is 5.89. The Balaban J connectivity index is 1.96. The lowest BCUT2D eigenvalue weighted by Gasteiger charge is -2.26. The topological polar surface area (TPSA) is 18.8 Å². The van der Waals surface area contributed by atoms with Gasteiger partial charge in [-0.05, 0) is 43.2 Å². The Morgan fingerprint density at radius 3 is 1.71 bits per heavy atom. The van der Waals surface area contributed by atoms with Crippen molar-refractivity contribution in [1.29, 1.82) is 0 Å². The lowest BCUT2D eigenvalue weighted by atomic mass is 10.1. The first-order valence-electron chi connectivity index (χ1n) is 10.1. The molecule has 0 saturated heterocycles. The molecule has 3 rings (SSSR count). The quantitative estimate of drug-likeness (QED) is 0.316. The van der Waals surface area contributed by atoms with Crippen LogP contribution in [0.25, 0.3) is 0 Å². The Morgan fingerprint density at radius 1 is 0.679 bits per heavy atom. The number of nitrogens with zero attached hydrogens (tertiary/aromatic N) is 3. The minimum atomic E-state index is 1.04. The summed E-state index contributed by atoms with van der Waals surface area (Å²) in [6.07, 6.45) is 4.24. The SMILES string of the molecule is CCCN(CCC)c1ccccc1C=NN(c1ccccc1)c1ccccc1. The third kappa shape index (κ3) is 5.01. The van der Waals surface area contributed by atoms with Gasteiger partial charge in [-0.1, -0.05) is 68.4 Å². The van der Waals surface area contributed by atoms with Crippen molar-refractivity contribution in [1.82, 2.24) is 0 Å². The van der Waals surface area contributed by atoms with E-state index in [0.717, 1.165) is 42.9 Å². The van der Waals surface area contributed by atoms with Crippen molar-refractivity contribution in [2.24, 2.45) is 5.10 Å². The molecule has 0 spiro atoms. The van der Waals surface area contributed by atoms with Crippen molar-refractivity contribution in [2.45, 2.75) is 26.7 Å². The lowest BCUT2D eigenvalue weighted by Crippen LogP contribution is -2.26. The first-order valence-corrected chi connectivity index (χ1v) is 10.1. The second kappa shape index (κ2) is 10.3. The van der Waals surface area contributed by atoms with E-state index in [4.69, 9.17) is 5.10 Å². The van der Waals surface area contributed by atoms with Crippen LogP contribution in [0, 0.1) is 0 Å². The third-order valence-electron chi connectivity index (χ3n) is 4.58. The van der Waals surface area contributed by atoms with Gasteiger partial charge in [0.2, 0.25) is 0 Å². The molecule has 0 aliphatic carbocycles. The van der Waals surface area contributed by atoms with Crippen LogP contribution in [0.5, 0.6) is 0 Å². The molecule has 144 valence electrons. The van der Waals surface area contributed by atoms with E-state index in [1.54, 1.807) is 0 Å². The van der Waals surface area contributed by atoms with Gasteiger partial charge in [0, 0.05) is 24.3 Å². The predicted octanol–water partition coefficient (Wildman–Crippen LogP) is 6.49. The van der Waals surface area contributed by atoms with E-state index in [1.165, 1.54) is 5.69 Å². The molecule has 0 unspecified atom stereocenters. The van der Waals surface area contributed by atoms with E-state index in [9.17, 15) is 0 Å². The van der Waals surface area contributed by atoms with Gasteiger partial charge in [-0.3, -0.25) is 0 Å². The van der Waals surface area contributed by atoms with Crippen molar-refractivity contribution in [3.05, 3.63) is 90.5 Å². The molecule has 0 fully saturated rings. The maximum atomic E-state index is 4.88. The highest BCUT2D eigenvalue weighted by Gasteiger charge is 2.10. The normalized spacial score (nSPS) is 10.9. The number of anilines is 3. The van der Waals surface area contributed by atoms with Crippen LogP contribution in [-0.2, 0) is 0 Å². The minimum Gasteiger partial charge on any atom is -0.371 e. The first-order chi connectivity index (χ1) is 13.8. The van der Waals surface area contributed by atoms with Gasteiger partial charge in [0.25, 0.3) is 0 Å². The van der Waals surface area contributed by atoms with Crippen molar-refractivity contribution in [2.75, 3.05) is 23.0 Å². The summed E-state index contributed by atoms with van der Waals surface area (Å²) in [6.45, 7) is 6.57. The van der Waals surface area contributed by atoms with Crippen molar-refractivity contribution in [3.63, 3.8) is 0 Å². The van der Waals surface area contributed by atoms with Gasteiger partial charge in [0.05, 0.1) is 17.6 Å². The average Bonchev–Trinajstić information content (AvgIpc) is 2.76. The second-order valence-corrected chi connectivity index (χ2v) is 6.77. The molecule has 0 radical (unpaired) electrons. The van der Waals surface area contributed by atoms with Crippen LogP contribution in [0.3, 0.4) is 0 Å². The zero-order chi connectivity index (χ0) is 19.6. The van der Waals surface area contributed by atoms with Crippen LogP contribution in [-0.4, -0.2) is 19.3 Å². The van der Waals surface area contributed by atoms with E-state index in [-0.39, 0.29) is 0 Å². The molecule has 0 amide bonds. The van der Waals surface area contributed by atoms with Gasteiger partial charge in [-0.15, -0.1) is 0 Å². The number of para-hydroxylation sites is 3. The van der Waals surface area contributed by atoms with Crippen LogP contribution in [0.1, 0.15) is 32.3 Å². The van der Waals surface area contributed by atoms with Crippen molar-refractivity contribution < 1.29 is 0 Å². The van der Waals surface area contributed by atoms with Crippen LogP contribution in [0.15, 0.2) is 90.0 Å². The molecule has 3 nitrogen and oxygen atoms in total. The van der Waals surface area contributed by atoms with Gasteiger partial charge in [0.1, 0.15) is 0 Å². The van der Waals surface area contributed by atoms with Gasteiger partial charge >= 0.3 is 0 Å². The third-order valence-corrected chi connectivity index (χ3v) is 4.58. The summed E-state index contributed by atoms with van der Waals surface area (Å²) in [5, 5.41) is 6.87. The fraction of sp³-hybridized carbons (Fsp3) is 0.240. The maximum Gasteiger partial charge on any atom is 0.0652 e. The van der Waals surface area contributed by atoms with Crippen molar-refractivity contribution in [3.8, 4) is 0 Å². The van der Waals surface area contributed by atoms with E-state index in [2.05, 4.69) is 67.3 Å². The van der Waals surface area contributed by atoms with E-state index >= 15 is 0 Å². The highest BCUT2D eigenvalue weighted by Crippen LogP contribution is 2.26. The zero-order valence-corrected chi connectivity index (χ0v) is 16.8. The van der Waals surface area contributed by atoms with E-state index < -0.39 is 0 Å². The maximum absolute atomic E-state index is 4.88. The van der Waals surface area contributed by atoms with Gasteiger partial charge < -0.3 is 4.90 Å². The standard InChI is InChI=1S/C25H29N3/c1-3-19-27(20-4-2)25-18-12-11-13-22(25)21-26-28(23-14-7-5-8-15-23)24-16-9-6-10-17-24/h5-18,21H,3-4,19-20H2,1-2H3. The molecule has 0 saturated carbocycles. The molecular formula is C25H29N3. The fourth-order valence-corrected chi connectivity index (χ4v) is 3.32. The first kappa shape index (κ1) is 19.7. The van der Waals surface area contributed by atoms with Crippen LogP contribution in [0.2, 0.25) is 0 Å². The monoisotopic (exact) mass is 371 g/mol. The molecule has 3 aromatic rings. The number of hydrazone groups is 1. The summed E-state index contributed by atoms with van der Waals surface area (Å²) >= 11 is 0. The molecular weight excluding hydrogens is 342 g/mol. The molecule has 0 bridgehead atoms. The summed E-state index contributed by atoms with van der Waals surface area (Å²) in [5.41, 5.74) is 4.47. The van der Waals surface area contributed by atoms with Gasteiger partial charge in [-0.2, -0.15) is 5.10 Å². The van der Waals surface area contributed by atoms with Crippen LogP contribution in [0.4, 0.5) is 17.1 Å². The molecule has 0 heterocycles. The summed E-state index contributed by atoms with van der Waals surface area (Å²) < 4.78 is 0. The second-order valence-electron chi connectivity index (χ2n) is 6.77. The molecule has 0 aromatic heterocycles. The fourth-order valence-electron chi connectivity index (χ4n) is 3.32. The summed E-state index contributed by atoms with van der Waals surface area (Å²) in [4.78, 5) is 2.46. The Labute approximate surface area is 168 Å². The molecule has 3 aromatic carbocycles.